The maximum absolute atomic E-state index is 12.2. The number of piperidine rings is 1. The molecule has 4 heteroatoms. The highest BCUT2D eigenvalue weighted by atomic mass is 16.2. The number of carbonyl (C=O) groups excluding carboxylic acids is 2. The van der Waals surface area contributed by atoms with Gasteiger partial charge >= 0.3 is 0 Å². The van der Waals surface area contributed by atoms with E-state index in [4.69, 9.17) is 5.73 Å². The van der Waals surface area contributed by atoms with E-state index in [1.54, 1.807) is 36.1 Å². The maximum Gasteiger partial charge on any atom is 0.219 e. The van der Waals surface area contributed by atoms with Crippen molar-refractivity contribution in [3.8, 4) is 0 Å². The van der Waals surface area contributed by atoms with Gasteiger partial charge < -0.3 is 10.6 Å². The van der Waals surface area contributed by atoms with Crippen LogP contribution in [-0.4, -0.2) is 29.7 Å². The molecule has 0 atom stereocenters. The lowest BCUT2D eigenvalue weighted by molar-refractivity contribution is -0.130. The van der Waals surface area contributed by atoms with Crippen LogP contribution in [-0.2, 0) is 4.79 Å². The van der Waals surface area contributed by atoms with E-state index in [1.165, 1.54) is 0 Å². The summed E-state index contributed by atoms with van der Waals surface area (Å²) in [5, 5.41) is 0. The molecule has 0 unspecified atom stereocenters. The number of amides is 1. The molecule has 1 heterocycles. The summed E-state index contributed by atoms with van der Waals surface area (Å²) in [4.78, 5) is 25.3. The summed E-state index contributed by atoms with van der Waals surface area (Å²) < 4.78 is 0. The molecule has 0 bridgehead atoms. The second-order valence-corrected chi connectivity index (χ2v) is 4.77. The molecule has 1 aliphatic rings. The number of rotatable bonds is 2. The predicted octanol–water partition coefficient (Wildman–Crippen LogP) is 1.71. The fourth-order valence-corrected chi connectivity index (χ4v) is 2.34. The van der Waals surface area contributed by atoms with Crippen molar-refractivity contribution < 1.29 is 9.59 Å². The van der Waals surface area contributed by atoms with Gasteiger partial charge in [0.25, 0.3) is 0 Å². The minimum Gasteiger partial charge on any atom is -0.399 e. The highest BCUT2D eigenvalue weighted by molar-refractivity contribution is 5.98. The van der Waals surface area contributed by atoms with Crippen molar-refractivity contribution >= 4 is 17.4 Å². The number of carbonyl (C=O) groups is 2. The Hall–Kier alpha value is -1.84. The normalized spacial score (nSPS) is 16.6. The zero-order valence-electron chi connectivity index (χ0n) is 10.6. The first-order valence-electron chi connectivity index (χ1n) is 6.23. The van der Waals surface area contributed by atoms with E-state index in [9.17, 15) is 9.59 Å². The van der Waals surface area contributed by atoms with Crippen LogP contribution in [0.15, 0.2) is 24.3 Å². The summed E-state index contributed by atoms with van der Waals surface area (Å²) in [5.41, 5.74) is 6.98. The Labute approximate surface area is 107 Å². The zero-order valence-corrected chi connectivity index (χ0v) is 10.6. The standard InChI is InChI=1S/C14H18N2O2/c1-10(17)16-8-6-12(7-9-16)14(18)11-2-4-13(15)5-3-11/h2-5,12H,6-9,15H2,1H3. The van der Waals surface area contributed by atoms with Crippen LogP contribution in [0.5, 0.6) is 0 Å². The number of likely N-dealkylation sites (tertiary alicyclic amines) is 1. The highest BCUT2D eigenvalue weighted by Gasteiger charge is 2.26. The van der Waals surface area contributed by atoms with Crippen LogP contribution in [0.4, 0.5) is 5.69 Å². The van der Waals surface area contributed by atoms with Gasteiger partial charge in [0.1, 0.15) is 0 Å². The number of nitrogens with two attached hydrogens (primary N) is 1. The number of benzene rings is 1. The van der Waals surface area contributed by atoms with E-state index in [2.05, 4.69) is 0 Å². The summed E-state index contributed by atoms with van der Waals surface area (Å²) >= 11 is 0. The average molecular weight is 246 g/mol. The van der Waals surface area contributed by atoms with Crippen molar-refractivity contribution in [1.29, 1.82) is 0 Å². The third kappa shape index (κ3) is 2.70. The van der Waals surface area contributed by atoms with Gasteiger partial charge in [0.2, 0.25) is 5.91 Å². The van der Waals surface area contributed by atoms with Crippen molar-refractivity contribution in [2.24, 2.45) is 5.92 Å². The molecule has 0 spiro atoms. The van der Waals surface area contributed by atoms with Gasteiger partial charge in [-0.1, -0.05) is 0 Å². The Morgan fingerprint density at radius 3 is 2.22 bits per heavy atom. The molecule has 0 aromatic heterocycles. The highest BCUT2D eigenvalue weighted by Crippen LogP contribution is 2.22. The molecular formula is C14H18N2O2. The SMILES string of the molecule is CC(=O)N1CCC(C(=O)c2ccc(N)cc2)CC1. The molecule has 1 fully saturated rings. The molecule has 1 aliphatic heterocycles. The van der Waals surface area contributed by atoms with Gasteiger partial charge in [0.15, 0.2) is 5.78 Å². The second kappa shape index (κ2) is 5.21. The van der Waals surface area contributed by atoms with Crippen molar-refractivity contribution in [3.63, 3.8) is 0 Å². The van der Waals surface area contributed by atoms with E-state index in [-0.39, 0.29) is 17.6 Å². The Morgan fingerprint density at radius 1 is 1.17 bits per heavy atom. The molecule has 2 N–H and O–H groups in total. The molecule has 1 saturated heterocycles. The van der Waals surface area contributed by atoms with Gasteiger partial charge in [-0.3, -0.25) is 9.59 Å². The first-order chi connectivity index (χ1) is 8.58. The number of hydrogen-bond donors (Lipinski definition) is 1. The molecule has 96 valence electrons. The lowest BCUT2D eigenvalue weighted by atomic mass is 9.89. The lowest BCUT2D eigenvalue weighted by Gasteiger charge is -2.30. The fourth-order valence-electron chi connectivity index (χ4n) is 2.34. The van der Waals surface area contributed by atoms with Gasteiger partial charge in [-0.05, 0) is 37.1 Å². The molecule has 0 aliphatic carbocycles. The molecule has 4 nitrogen and oxygen atoms in total. The van der Waals surface area contributed by atoms with Crippen LogP contribution in [0.3, 0.4) is 0 Å². The van der Waals surface area contributed by atoms with Gasteiger partial charge in [-0.25, -0.2) is 0 Å². The third-order valence-electron chi connectivity index (χ3n) is 3.51. The van der Waals surface area contributed by atoms with Gasteiger partial charge in [0, 0.05) is 37.2 Å². The van der Waals surface area contributed by atoms with Crippen molar-refractivity contribution in [2.45, 2.75) is 19.8 Å². The molecule has 1 amide bonds. The van der Waals surface area contributed by atoms with Crippen molar-refractivity contribution in [1.82, 2.24) is 4.90 Å². The summed E-state index contributed by atoms with van der Waals surface area (Å²) in [6, 6.07) is 7.04. The molecular weight excluding hydrogens is 228 g/mol. The summed E-state index contributed by atoms with van der Waals surface area (Å²) in [7, 11) is 0. The largest absolute Gasteiger partial charge is 0.399 e. The molecule has 1 aromatic carbocycles. The number of anilines is 1. The lowest BCUT2D eigenvalue weighted by Crippen LogP contribution is -2.39. The number of nitrogen functional groups attached to an aromatic ring is 1. The maximum atomic E-state index is 12.2. The summed E-state index contributed by atoms with van der Waals surface area (Å²) in [6.07, 6.45) is 1.51. The van der Waals surface area contributed by atoms with Crippen LogP contribution in [0.1, 0.15) is 30.1 Å². The minimum atomic E-state index is 0.0317. The van der Waals surface area contributed by atoms with Crippen molar-refractivity contribution in [2.75, 3.05) is 18.8 Å². The number of Topliss-reactive ketones (excluding diaryl/α,β-unsaturated/α-hetero) is 1. The van der Waals surface area contributed by atoms with Crippen LogP contribution < -0.4 is 5.73 Å². The Balaban J connectivity index is 1.99. The first-order valence-corrected chi connectivity index (χ1v) is 6.23. The molecule has 0 radical (unpaired) electrons. The van der Waals surface area contributed by atoms with E-state index in [0.717, 1.165) is 12.8 Å². The van der Waals surface area contributed by atoms with E-state index in [1.807, 2.05) is 0 Å². The number of hydrogen-bond acceptors (Lipinski definition) is 3. The average Bonchev–Trinajstić information content (AvgIpc) is 2.39. The van der Waals surface area contributed by atoms with E-state index >= 15 is 0 Å². The zero-order chi connectivity index (χ0) is 13.1. The van der Waals surface area contributed by atoms with Crippen molar-refractivity contribution in [3.05, 3.63) is 29.8 Å². The summed E-state index contributed by atoms with van der Waals surface area (Å²) in [5.74, 6) is 0.288. The van der Waals surface area contributed by atoms with Crippen LogP contribution in [0, 0.1) is 5.92 Å². The predicted molar refractivity (Wildman–Crippen MR) is 70.2 cm³/mol. The number of ketones is 1. The number of nitrogens with zero attached hydrogens (tertiary/aromatic N) is 1. The van der Waals surface area contributed by atoms with Crippen LogP contribution in [0.2, 0.25) is 0 Å². The molecule has 18 heavy (non-hydrogen) atoms. The summed E-state index contributed by atoms with van der Waals surface area (Å²) in [6.45, 7) is 2.93. The topological polar surface area (TPSA) is 63.4 Å². The monoisotopic (exact) mass is 246 g/mol. The Morgan fingerprint density at radius 2 is 1.72 bits per heavy atom. The van der Waals surface area contributed by atoms with Crippen LogP contribution in [0.25, 0.3) is 0 Å². The Bertz CT molecular complexity index is 445. The first kappa shape index (κ1) is 12.6. The third-order valence-corrected chi connectivity index (χ3v) is 3.51. The van der Waals surface area contributed by atoms with Gasteiger partial charge in [-0.15, -0.1) is 0 Å². The van der Waals surface area contributed by atoms with E-state index in [0.29, 0.717) is 24.3 Å². The Kier molecular flexibility index (Phi) is 3.65. The fraction of sp³-hybridized carbons (Fsp3) is 0.429. The molecule has 2 rings (SSSR count). The minimum absolute atomic E-state index is 0.0317. The van der Waals surface area contributed by atoms with Crippen LogP contribution >= 0.6 is 0 Å². The molecule has 1 aromatic rings. The van der Waals surface area contributed by atoms with Gasteiger partial charge in [-0.2, -0.15) is 0 Å². The quantitative estimate of drug-likeness (QED) is 0.638. The second-order valence-electron chi connectivity index (χ2n) is 4.77. The van der Waals surface area contributed by atoms with Gasteiger partial charge in [0.05, 0.1) is 0 Å². The smallest absolute Gasteiger partial charge is 0.219 e. The van der Waals surface area contributed by atoms with E-state index < -0.39 is 0 Å². The molecule has 0 saturated carbocycles.